The van der Waals surface area contributed by atoms with Crippen LogP contribution in [0.15, 0.2) is 11.4 Å². The first kappa shape index (κ1) is 13.7. The van der Waals surface area contributed by atoms with Gasteiger partial charge in [-0.25, -0.2) is 0 Å². The van der Waals surface area contributed by atoms with Crippen LogP contribution >= 0.6 is 22.9 Å². The van der Waals surface area contributed by atoms with Crippen molar-refractivity contribution in [1.82, 2.24) is 4.90 Å². The van der Waals surface area contributed by atoms with Crippen LogP contribution in [0.1, 0.15) is 35.4 Å². The predicted octanol–water partition coefficient (Wildman–Crippen LogP) is 3.38. The number of nitrogens with zero attached hydrogens (tertiary/aromatic N) is 1. The van der Waals surface area contributed by atoms with Gasteiger partial charge in [-0.1, -0.05) is 12.8 Å². The number of amides is 1. The van der Waals surface area contributed by atoms with Gasteiger partial charge in [0.2, 0.25) is 0 Å². The molecule has 5 heteroatoms. The van der Waals surface area contributed by atoms with Gasteiger partial charge in [-0.15, -0.1) is 22.9 Å². The van der Waals surface area contributed by atoms with Crippen molar-refractivity contribution in [3.63, 3.8) is 0 Å². The smallest absolute Gasteiger partial charge is 0.267 e. The monoisotopic (exact) mass is 287 g/mol. The summed E-state index contributed by atoms with van der Waals surface area (Å²) in [6, 6.07) is 1.96. The van der Waals surface area contributed by atoms with E-state index in [4.69, 9.17) is 16.3 Å². The van der Waals surface area contributed by atoms with E-state index in [1.807, 2.05) is 18.5 Å². The summed E-state index contributed by atoms with van der Waals surface area (Å²) in [5, 5.41) is 1.94. The fourth-order valence-corrected chi connectivity index (χ4v) is 3.72. The molecule has 0 aromatic carbocycles. The van der Waals surface area contributed by atoms with Crippen LogP contribution in [-0.2, 0) is 0 Å². The fourth-order valence-electron chi connectivity index (χ4n) is 2.43. The molecular weight excluding hydrogens is 270 g/mol. The number of rotatable bonds is 3. The molecule has 0 N–H and O–H groups in total. The molecule has 1 fully saturated rings. The molecule has 0 radical (unpaired) electrons. The van der Waals surface area contributed by atoms with Crippen LogP contribution in [0.4, 0.5) is 0 Å². The Hall–Kier alpha value is -0.740. The molecule has 1 saturated carbocycles. The molecule has 0 aliphatic heterocycles. The van der Waals surface area contributed by atoms with E-state index in [0.29, 0.717) is 10.6 Å². The van der Waals surface area contributed by atoms with Gasteiger partial charge in [0.25, 0.3) is 5.91 Å². The average molecular weight is 288 g/mol. The Balaban J connectivity index is 2.13. The molecule has 0 bridgehead atoms. The van der Waals surface area contributed by atoms with Crippen LogP contribution in [-0.4, -0.2) is 36.4 Å². The Kier molecular flexibility index (Phi) is 4.51. The highest BCUT2D eigenvalue weighted by Crippen LogP contribution is 2.30. The predicted molar refractivity (Wildman–Crippen MR) is 74.9 cm³/mol. The lowest BCUT2D eigenvalue weighted by molar-refractivity contribution is 0.0702. The lowest BCUT2D eigenvalue weighted by Crippen LogP contribution is -2.44. The van der Waals surface area contributed by atoms with Crippen LogP contribution in [0, 0.1) is 0 Å². The van der Waals surface area contributed by atoms with E-state index in [9.17, 15) is 4.79 Å². The topological polar surface area (TPSA) is 29.5 Å². The van der Waals surface area contributed by atoms with Gasteiger partial charge in [0, 0.05) is 13.1 Å². The summed E-state index contributed by atoms with van der Waals surface area (Å²) in [6.45, 7) is 0. The van der Waals surface area contributed by atoms with Gasteiger partial charge in [0.15, 0.2) is 0 Å². The first-order chi connectivity index (χ1) is 8.65. The number of ether oxygens (including phenoxy) is 1. The van der Waals surface area contributed by atoms with E-state index in [2.05, 4.69) is 0 Å². The van der Waals surface area contributed by atoms with E-state index in [-0.39, 0.29) is 17.3 Å². The maximum absolute atomic E-state index is 12.4. The molecule has 1 aromatic rings. The third kappa shape index (κ3) is 2.64. The zero-order chi connectivity index (χ0) is 13.1. The second kappa shape index (κ2) is 5.93. The summed E-state index contributed by atoms with van der Waals surface area (Å²) in [5.74, 6) is 0.665. The van der Waals surface area contributed by atoms with E-state index in [1.54, 1.807) is 12.0 Å². The van der Waals surface area contributed by atoms with Gasteiger partial charge < -0.3 is 9.64 Å². The normalized spacial score (nSPS) is 23.7. The summed E-state index contributed by atoms with van der Waals surface area (Å²) < 4.78 is 5.20. The van der Waals surface area contributed by atoms with E-state index >= 15 is 0 Å². The third-order valence-corrected chi connectivity index (χ3v) is 4.90. The van der Waals surface area contributed by atoms with Crippen molar-refractivity contribution in [2.45, 2.75) is 37.1 Å². The minimum Gasteiger partial charge on any atom is -0.495 e. The maximum Gasteiger partial charge on any atom is 0.267 e. The van der Waals surface area contributed by atoms with Crippen molar-refractivity contribution in [2.24, 2.45) is 0 Å². The first-order valence-electron chi connectivity index (χ1n) is 6.18. The van der Waals surface area contributed by atoms with Crippen molar-refractivity contribution in [3.05, 3.63) is 16.3 Å². The molecule has 2 atom stereocenters. The van der Waals surface area contributed by atoms with Crippen molar-refractivity contribution in [1.29, 1.82) is 0 Å². The number of hydrogen-bond acceptors (Lipinski definition) is 3. The van der Waals surface area contributed by atoms with Gasteiger partial charge in [0.05, 0.1) is 12.5 Å². The minimum atomic E-state index is 0.0133. The van der Waals surface area contributed by atoms with Gasteiger partial charge in [-0.3, -0.25) is 4.79 Å². The summed E-state index contributed by atoms with van der Waals surface area (Å²) >= 11 is 7.75. The molecule has 100 valence electrons. The van der Waals surface area contributed by atoms with Gasteiger partial charge in [0.1, 0.15) is 10.6 Å². The molecule has 18 heavy (non-hydrogen) atoms. The highest BCUT2D eigenvalue weighted by molar-refractivity contribution is 7.12. The molecule has 2 rings (SSSR count). The number of hydrogen-bond donors (Lipinski definition) is 0. The molecule has 1 amide bonds. The standard InChI is InChI=1S/C13H18ClNO2S/c1-15(10-6-4-3-5-9(10)14)13(16)12-11(17-2)7-8-18-12/h7-10H,3-6H2,1-2H3. The van der Waals surface area contributed by atoms with E-state index < -0.39 is 0 Å². The summed E-state index contributed by atoms with van der Waals surface area (Å²) in [5.41, 5.74) is 0. The molecule has 2 unspecified atom stereocenters. The zero-order valence-electron chi connectivity index (χ0n) is 10.7. The largest absolute Gasteiger partial charge is 0.495 e. The molecule has 1 heterocycles. The molecule has 0 saturated heterocycles. The average Bonchev–Trinajstić information content (AvgIpc) is 2.86. The van der Waals surface area contributed by atoms with Crippen molar-refractivity contribution >= 4 is 28.8 Å². The van der Waals surface area contributed by atoms with Crippen molar-refractivity contribution < 1.29 is 9.53 Å². The van der Waals surface area contributed by atoms with Crippen LogP contribution in [0.2, 0.25) is 0 Å². The Morgan fingerprint density at radius 3 is 2.89 bits per heavy atom. The molecule has 3 nitrogen and oxygen atoms in total. The molecule has 0 spiro atoms. The number of thiophene rings is 1. The number of carbonyl (C=O) groups excluding carboxylic acids is 1. The van der Waals surface area contributed by atoms with Crippen LogP contribution < -0.4 is 4.74 Å². The lowest BCUT2D eigenvalue weighted by Gasteiger charge is -2.34. The maximum atomic E-state index is 12.4. The second-order valence-corrected chi connectivity index (χ2v) is 6.08. The highest BCUT2D eigenvalue weighted by Gasteiger charge is 2.31. The second-order valence-electron chi connectivity index (χ2n) is 4.60. The quantitative estimate of drug-likeness (QED) is 0.798. The number of carbonyl (C=O) groups is 1. The Labute approximate surface area is 117 Å². The van der Waals surface area contributed by atoms with Crippen LogP contribution in [0.3, 0.4) is 0 Å². The first-order valence-corrected chi connectivity index (χ1v) is 7.49. The van der Waals surface area contributed by atoms with Gasteiger partial charge in [-0.2, -0.15) is 0 Å². The molecule has 1 aliphatic carbocycles. The molecule has 1 aliphatic rings. The summed E-state index contributed by atoms with van der Waals surface area (Å²) in [6.07, 6.45) is 4.29. The van der Waals surface area contributed by atoms with Crippen LogP contribution in [0.5, 0.6) is 5.75 Å². The fraction of sp³-hybridized carbons (Fsp3) is 0.615. The van der Waals surface area contributed by atoms with E-state index in [1.165, 1.54) is 11.3 Å². The summed E-state index contributed by atoms with van der Waals surface area (Å²) in [4.78, 5) is 14.9. The number of alkyl halides is 1. The third-order valence-electron chi connectivity index (χ3n) is 3.51. The zero-order valence-corrected chi connectivity index (χ0v) is 12.3. The Morgan fingerprint density at radius 2 is 2.22 bits per heavy atom. The van der Waals surface area contributed by atoms with Crippen molar-refractivity contribution in [2.75, 3.05) is 14.2 Å². The molecule has 1 aromatic heterocycles. The van der Waals surface area contributed by atoms with Crippen LogP contribution in [0.25, 0.3) is 0 Å². The minimum absolute atomic E-state index is 0.0133. The van der Waals surface area contributed by atoms with Gasteiger partial charge in [-0.05, 0) is 24.3 Å². The Morgan fingerprint density at radius 1 is 1.50 bits per heavy atom. The summed E-state index contributed by atoms with van der Waals surface area (Å²) in [7, 11) is 3.43. The lowest BCUT2D eigenvalue weighted by atomic mass is 9.94. The number of halogens is 1. The number of methoxy groups -OCH3 is 1. The van der Waals surface area contributed by atoms with Crippen molar-refractivity contribution in [3.8, 4) is 5.75 Å². The Bertz CT molecular complexity index is 421. The van der Waals surface area contributed by atoms with Gasteiger partial charge >= 0.3 is 0 Å². The van der Waals surface area contributed by atoms with E-state index in [0.717, 1.165) is 25.7 Å². The highest BCUT2D eigenvalue weighted by atomic mass is 35.5. The molecular formula is C13H18ClNO2S. The SMILES string of the molecule is COc1ccsc1C(=O)N(C)C1CCCCC1Cl.